The number of esters is 1. The van der Waals surface area contributed by atoms with Gasteiger partial charge >= 0.3 is 5.97 Å². The Balaban J connectivity index is 1.61. The smallest absolute Gasteiger partial charge is 0.337 e. The van der Waals surface area contributed by atoms with Crippen LogP contribution in [-0.4, -0.2) is 38.6 Å². The number of methoxy groups -OCH3 is 2. The Hall–Kier alpha value is -4.33. The molecule has 2 N–H and O–H groups in total. The van der Waals surface area contributed by atoms with Gasteiger partial charge in [0.15, 0.2) is 18.1 Å². The molecular weight excluding hydrogens is 412 g/mol. The average Bonchev–Trinajstić information content (AvgIpc) is 2.82. The van der Waals surface area contributed by atoms with Gasteiger partial charge in [-0.2, -0.15) is 0 Å². The summed E-state index contributed by atoms with van der Waals surface area (Å²) in [4.78, 5) is 36.5. The van der Waals surface area contributed by atoms with Gasteiger partial charge < -0.3 is 24.8 Å². The van der Waals surface area contributed by atoms with Crippen molar-refractivity contribution >= 4 is 29.2 Å². The van der Waals surface area contributed by atoms with E-state index in [0.717, 1.165) is 0 Å². The monoisotopic (exact) mass is 434 g/mol. The summed E-state index contributed by atoms with van der Waals surface area (Å²) in [6.07, 6.45) is 0. The van der Waals surface area contributed by atoms with Crippen LogP contribution in [0.1, 0.15) is 20.7 Å². The van der Waals surface area contributed by atoms with Crippen LogP contribution >= 0.6 is 0 Å². The molecule has 3 rings (SSSR count). The van der Waals surface area contributed by atoms with E-state index in [0.29, 0.717) is 28.4 Å². The Kier molecular flexibility index (Phi) is 7.42. The fourth-order valence-corrected chi connectivity index (χ4v) is 2.86. The van der Waals surface area contributed by atoms with Crippen molar-refractivity contribution in [3.8, 4) is 11.5 Å². The standard InChI is InChI=1S/C24H22N2O6/c1-30-20-11-3-4-12-21(20)32-15-22(27)25-18-9-6-10-19(14-18)26-23(28)16-7-5-8-17(13-16)24(29)31-2/h3-14H,15H2,1-2H3,(H,25,27)(H,26,28). The fourth-order valence-electron chi connectivity index (χ4n) is 2.86. The summed E-state index contributed by atoms with van der Waals surface area (Å²) in [5.74, 6) is -0.315. The Morgan fingerprint density at radius 1 is 0.750 bits per heavy atom. The maximum atomic E-state index is 12.5. The quantitative estimate of drug-likeness (QED) is 0.524. The normalized spacial score (nSPS) is 10.1. The SMILES string of the molecule is COC(=O)c1cccc(C(=O)Nc2cccc(NC(=O)COc3ccccc3OC)c2)c1. The van der Waals surface area contributed by atoms with Crippen molar-refractivity contribution in [2.24, 2.45) is 0 Å². The van der Waals surface area contributed by atoms with Crippen molar-refractivity contribution in [1.82, 2.24) is 0 Å². The van der Waals surface area contributed by atoms with Gasteiger partial charge in [0.25, 0.3) is 11.8 Å². The van der Waals surface area contributed by atoms with Crippen molar-refractivity contribution in [1.29, 1.82) is 0 Å². The first kappa shape index (κ1) is 22.4. The van der Waals surface area contributed by atoms with E-state index in [4.69, 9.17) is 9.47 Å². The molecule has 0 fully saturated rings. The first-order valence-corrected chi connectivity index (χ1v) is 9.65. The highest BCUT2D eigenvalue weighted by molar-refractivity contribution is 6.06. The molecule has 0 aliphatic heterocycles. The fraction of sp³-hybridized carbons (Fsp3) is 0.125. The molecule has 32 heavy (non-hydrogen) atoms. The van der Waals surface area contributed by atoms with Gasteiger partial charge in [0.2, 0.25) is 0 Å². The topological polar surface area (TPSA) is 103 Å². The highest BCUT2D eigenvalue weighted by Gasteiger charge is 2.12. The van der Waals surface area contributed by atoms with Crippen LogP contribution in [0, 0.1) is 0 Å². The molecule has 3 aromatic rings. The number of amides is 2. The van der Waals surface area contributed by atoms with Gasteiger partial charge in [0.1, 0.15) is 0 Å². The number of benzene rings is 3. The highest BCUT2D eigenvalue weighted by Crippen LogP contribution is 2.25. The van der Waals surface area contributed by atoms with Crippen LogP contribution in [0.3, 0.4) is 0 Å². The summed E-state index contributed by atoms with van der Waals surface area (Å²) in [5.41, 5.74) is 1.53. The van der Waals surface area contributed by atoms with E-state index in [9.17, 15) is 14.4 Å². The second kappa shape index (κ2) is 10.6. The van der Waals surface area contributed by atoms with E-state index in [-0.39, 0.29) is 18.1 Å². The van der Waals surface area contributed by atoms with Crippen molar-refractivity contribution in [3.63, 3.8) is 0 Å². The van der Waals surface area contributed by atoms with E-state index in [2.05, 4.69) is 15.4 Å². The van der Waals surface area contributed by atoms with Gasteiger partial charge in [0, 0.05) is 16.9 Å². The van der Waals surface area contributed by atoms with Gasteiger partial charge in [0.05, 0.1) is 19.8 Å². The number of para-hydroxylation sites is 2. The number of nitrogens with one attached hydrogen (secondary N) is 2. The summed E-state index contributed by atoms with van der Waals surface area (Å²) in [5, 5.41) is 5.46. The van der Waals surface area contributed by atoms with E-state index in [1.54, 1.807) is 66.7 Å². The molecule has 0 bridgehead atoms. The third kappa shape index (κ3) is 5.85. The van der Waals surface area contributed by atoms with Crippen molar-refractivity contribution in [2.75, 3.05) is 31.5 Å². The van der Waals surface area contributed by atoms with Gasteiger partial charge in [-0.15, -0.1) is 0 Å². The summed E-state index contributed by atoms with van der Waals surface area (Å²) >= 11 is 0. The number of ether oxygens (including phenoxy) is 3. The van der Waals surface area contributed by atoms with Crippen LogP contribution in [0.2, 0.25) is 0 Å². The third-order valence-electron chi connectivity index (χ3n) is 4.38. The maximum absolute atomic E-state index is 12.5. The molecule has 0 heterocycles. The molecule has 0 aliphatic carbocycles. The van der Waals surface area contributed by atoms with E-state index < -0.39 is 11.9 Å². The lowest BCUT2D eigenvalue weighted by atomic mass is 10.1. The molecule has 164 valence electrons. The predicted molar refractivity (Wildman–Crippen MR) is 119 cm³/mol. The average molecular weight is 434 g/mol. The molecule has 2 amide bonds. The molecule has 0 saturated carbocycles. The lowest BCUT2D eigenvalue weighted by Gasteiger charge is -2.11. The Bertz CT molecular complexity index is 1130. The second-order valence-corrected chi connectivity index (χ2v) is 6.60. The first-order valence-electron chi connectivity index (χ1n) is 9.65. The summed E-state index contributed by atoms with van der Waals surface area (Å²) in [6, 6.07) is 19.9. The van der Waals surface area contributed by atoms with E-state index >= 15 is 0 Å². The van der Waals surface area contributed by atoms with Crippen molar-refractivity contribution < 1.29 is 28.6 Å². The zero-order chi connectivity index (χ0) is 22.9. The van der Waals surface area contributed by atoms with Crippen LogP contribution in [-0.2, 0) is 9.53 Å². The van der Waals surface area contributed by atoms with E-state index in [1.165, 1.54) is 20.3 Å². The molecule has 0 aliphatic rings. The highest BCUT2D eigenvalue weighted by atomic mass is 16.5. The molecular formula is C24H22N2O6. The minimum absolute atomic E-state index is 0.211. The lowest BCUT2D eigenvalue weighted by Crippen LogP contribution is -2.20. The van der Waals surface area contributed by atoms with Gasteiger partial charge in [-0.3, -0.25) is 9.59 Å². The summed E-state index contributed by atoms with van der Waals surface area (Å²) < 4.78 is 15.4. The molecule has 0 spiro atoms. The number of carbonyl (C=O) groups is 3. The van der Waals surface area contributed by atoms with Crippen molar-refractivity contribution in [3.05, 3.63) is 83.9 Å². The summed E-state index contributed by atoms with van der Waals surface area (Å²) in [6.45, 7) is -0.211. The minimum atomic E-state index is -0.528. The van der Waals surface area contributed by atoms with E-state index in [1.807, 2.05) is 0 Å². The van der Waals surface area contributed by atoms with Crippen LogP contribution in [0.4, 0.5) is 11.4 Å². The van der Waals surface area contributed by atoms with Crippen LogP contribution in [0.25, 0.3) is 0 Å². The molecule has 0 saturated heterocycles. The molecule has 0 aromatic heterocycles. The number of carbonyl (C=O) groups excluding carboxylic acids is 3. The lowest BCUT2D eigenvalue weighted by molar-refractivity contribution is -0.118. The van der Waals surface area contributed by atoms with Crippen LogP contribution in [0.5, 0.6) is 11.5 Å². The molecule has 0 atom stereocenters. The third-order valence-corrected chi connectivity index (χ3v) is 4.38. The molecule has 0 unspecified atom stereocenters. The zero-order valence-corrected chi connectivity index (χ0v) is 17.6. The number of hydrogen-bond acceptors (Lipinski definition) is 6. The Labute approximate surface area is 185 Å². The number of anilines is 2. The maximum Gasteiger partial charge on any atom is 0.337 e. The van der Waals surface area contributed by atoms with Crippen LogP contribution in [0.15, 0.2) is 72.8 Å². The van der Waals surface area contributed by atoms with Gasteiger partial charge in [-0.1, -0.05) is 24.3 Å². The predicted octanol–water partition coefficient (Wildman–Crippen LogP) is 3.75. The molecule has 8 nitrogen and oxygen atoms in total. The largest absolute Gasteiger partial charge is 0.493 e. The summed E-state index contributed by atoms with van der Waals surface area (Å²) in [7, 11) is 2.80. The Morgan fingerprint density at radius 3 is 2.12 bits per heavy atom. The number of hydrogen-bond donors (Lipinski definition) is 2. The van der Waals surface area contributed by atoms with Crippen LogP contribution < -0.4 is 20.1 Å². The Morgan fingerprint density at radius 2 is 1.41 bits per heavy atom. The van der Waals surface area contributed by atoms with Gasteiger partial charge in [-0.05, 0) is 48.5 Å². The molecule has 0 radical (unpaired) electrons. The second-order valence-electron chi connectivity index (χ2n) is 6.60. The first-order chi connectivity index (χ1) is 15.5. The molecule has 3 aromatic carbocycles. The van der Waals surface area contributed by atoms with Crippen molar-refractivity contribution in [2.45, 2.75) is 0 Å². The molecule has 8 heteroatoms. The zero-order valence-electron chi connectivity index (χ0n) is 17.6. The minimum Gasteiger partial charge on any atom is -0.493 e. The number of rotatable bonds is 8. The van der Waals surface area contributed by atoms with Gasteiger partial charge in [-0.25, -0.2) is 4.79 Å².